The Kier molecular flexibility index (Phi) is 5.51. The molecule has 1 saturated heterocycles. The number of para-hydroxylation sites is 1. The van der Waals surface area contributed by atoms with Gasteiger partial charge in [-0.05, 0) is 36.2 Å². The van der Waals surface area contributed by atoms with E-state index in [9.17, 15) is 14.0 Å². The second-order valence-electron chi connectivity index (χ2n) is 6.41. The second-order valence-corrected chi connectivity index (χ2v) is 6.41. The lowest BCUT2D eigenvalue weighted by Crippen LogP contribution is -2.42. The molecule has 2 amide bonds. The Morgan fingerprint density at radius 3 is 2.73 bits per heavy atom. The highest BCUT2D eigenvalue weighted by molar-refractivity contribution is 5.90. The van der Waals surface area contributed by atoms with Crippen LogP contribution in [0.5, 0.6) is 0 Å². The second kappa shape index (κ2) is 7.99. The summed E-state index contributed by atoms with van der Waals surface area (Å²) in [5, 5.41) is 6.24. The molecule has 2 aromatic carbocycles. The van der Waals surface area contributed by atoms with Crippen LogP contribution in [0.1, 0.15) is 12.0 Å². The molecule has 0 aromatic heterocycles. The summed E-state index contributed by atoms with van der Waals surface area (Å²) in [7, 11) is 1.82. The Morgan fingerprint density at radius 1 is 1.23 bits per heavy atom. The molecule has 0 aliphatic carbocycles. The van der Waals surface area contributed by atoms with Crippen molar-refractivity contribution in [2.45, 2.75) is 12.8 Å². The molecule has 0 bridgehead atoms. The third kappa shape index (κ3) is 4.20. The van der Waals surface area contributed by atoms with Crippen molar-refractivity contribution in [1.82, 2.24) is 10.3 Å². The van der Waals surface area contributed by atoms with Crippen LogP contribution in [0.25, 0.3) is 0 Å². The summed E-state index contributed by atoms with van der Waals surface area (Å²) >= 11 is 0. The fourth-order valence-corrected chi connectivity index (χ4v) is 3.11. The average Bonchev–Trinajstić information content (AvgIpc) is 3.04. The van der Waals surface area contributed by atoms with Crippen LogP contribution in [0.4, 0.5) is 10.1 Å². The van der Waals surface area contributed by atoms with Gasteiger partial charge < -0.3 is 5.32 Å². The van der Waals surface area contributed by atoms with Gasteiger partial charge in [0.05, 0.1) is 18.2 Å². The Hall–Kier alpha value is -2.89. The first-order chi connectivity index (χ1) is 12.5. The van der Waals surface area contributed by atoms with Crippen molar-refractivity contribution >= 4 is 17.5 Å². The van der Waals surface area contributed by atoms with Crippen LogP contribution in [0.15, 0.2) is 54.6 Å². The molecule has 26 heavy (non-hydrogen) atoms. The van der Waals surface area contributed by atoms with Crippen LogP contribution in [-0.4, -0.2) is 37.0 Å². The van der Waals surface area contributed by atoms with Gasteiger partial charge in [-0.2, -0.15) is 0 Å². The predicted octanol–water partition coefficient (Wildman–Crippen LogP) is 2.38. The first-order valence-electron chi connectivity index (χ1n) is 8.66. The molecule has 1 unspecified atom stereocenters. The van der Waals surface area contributed by atoms with Crippen LogP contribution in [0.2, 0.25) is 0 Å². The molecule has 1 fully saturated rings. The standard InChI is InChI=1S/C20H22FN3O2/c1-23(18-8-3-2-4-9-18)24-14-16(13-19(24)25)20(26)22-11-10-15-6-5-7-17(21)12-15/h2-9,12,16H,10-11,13-14H2,1H3,(H,22,26). The molecule has 0 radical (unpaired) electrons. The lowest BCUT2D eigenvalue weighted by molar-refractivity contribution is -0.129. The summed E-state index contributed by atoms with van der Waals surface area (Å²) in [6.07, 6.45) is 0.751. The SMILES string of the molecule is CN(c1ccccc1)N1CC(C(=O)NCCc2cccc(F)c2)CC1=O. The zero-order valence-corrected chi connectivity index (χ0v) is 14.7. The molecule has 1 atom stereocenters. The van der Waals surface area contributed by atoms with Gasteiger partial charge in [-0.1, -0.05) is 30.3 Å². The van der Waals surface area contributed by atoms with Gasteiger partial charge in [-0.15, -0.1) is 0 Å². The molecule has 136 valence electrons. The highest BCUT2D eigenvalue weighted by Crippen LogP contribution is 2.23. The van der Waals surface area contributed by atoms with E-state index >= 15 is 0 Å². The molecule has 1 N–H and O–H groups in total. The fraction of sp³-hybridized carbons (Fsp3) is 0.300. The number of hydrogen-bond acceptors (Lipinski definition) is 3. The number of nitrogens with zero attached hydrogens (tertiary/aromatic N) is 2. The summed E-state index contributed by atoms with van der Waals surface area (Å²) in [6.45, 7) is 0.775. The van der Waals surface area contributed by atoms with Crippen LogP contribution in [0, 0.1) is 11.7 Å². The fourth-order valence-electron chi connectivity index (χ4n) is 3.11. The summed E-state index contributed by atoms with van der Waals surface area (Å²) in [6, 6.07) is 15.9. The van der Waals surface area contributed by atoms with Crippen LogP contribution < -0.4 is 10.3 Å². The van der Waals surface area contributed by atoms with Crippen molar-refractivity contribution in [3.05, 3.63) is 66.0 Å². The van der Waals surface area contributed by atoms with E-state index < -0.39 is 0 Å². The van der Waals surface area contributed by atoms with E-state index in [0.717, 1.165) is 11.3 Å². The number of nitrogens with one attached hydrogen (secondary N) is 1. The molecule has 5 nitrogen and oxygen atoms in total. The summed E-state index contributed by atoms with van der Waals surface area (Å²) in [4.78, 5) is 24.7. The lowest BCUT2D eigenvalue weighted by Gasteiger charge is -2.30. The normalized spacial score (nSPS) is 16.6. The maximum atomic E-state index is 13.2. The van der Waals surface area contributed by atoms with Crippen molar-refractivity contribution < 1.29 is 14.0 Å². The molecular formula is C20H22FN3O2. The summed E-state index contributed by atoms with van der Waals surface area (Å²) in [5.41, 5.74) is 1.73. The molecule has 3 rings (SSSR count). The van der Waals surface area contributed by atoms with E-state index in [-0.39, 0.29) is 30.0 Å². The third-order valence-corrected chi connectivity index (χ3v) is 4.57. The lowest BCUT2D eigenvalue weighted by atomic mass is 10.1. The minimum absolute atomic E-state index is 0.0679. The van der Waals surface area contributed by atoms with Crippen molar-refractivity contribution in [2.24, 2.45) is 5.92 Å². The summed E-state index contributed by atoms with van der Waals surface area (Å²) < 4.78 is 13.2. The Bertz CT molecular complexity index is 782. The largest absolute Gasteiger partial charge is 0.355 e. The third-order valence-electron chi connectivity index (χ3n) is 4.57. The zero-order valence-electron chi connectivity index (χ0n) is 14.7. The van der Waals surface area contributed by atoms with Crippen LogP contribution >= 0.6 is 0 Å². The molecule has 0 spiro atoms. The molecule has 0 saturated carbocycles. The first-order valence-corrected chi connectivity index (χ1v) is 8.66. The first kappa shape index (κ1) is 17.9. The summed E-state index contributed by atoms with van der Waals surface area (Å²) in [5.74, 6) is -0.865. The van der Waals surface area contributed by atoms with Gasteiger partial charge in [0.1, 0.15) is 5.82 Å². The number of amides is 2. The zero-order chi connectivity index (χ0) is 18.5. The van der Waals surface area contributed by atoms with E-state index in [1.807, 2.05) is 43.4 Å². The number of anilines is 1. The molecular weight excluding hydrogens is 333 g/mol. The van der Waals surface area contributed by atoms with Gasteiger partial charge in [-0.3, -0.25) is 19.6 Å². The number of hydrogen-bond donors (Lipinski definition) is 1. The highest BCUT2D eigenvalue weighted by atomic mass is 19.1. The van der Waals surface area contributed by atoms with Gasteiger partial charge >= 0.3 is 0 Å². The van der Waals surface area contributed by atoms with E-state index in [1.54, 1.807) is 16.1 Å². The van der Waals surface area contributed by atoms with Gasteiger partial charge in [-0.25, -0.2) is 4.39 Å². The minimum atomic E-state index is -0.374. The minimum Gasteiger partial charge on any atom is -0.355 e. The van der Waals surface area contributed by atoms with Gasteiger partial charge in [0.25, 0.3) is 0 Å². The van der Waals surface area contributed by atoms with Crippen molar-refractivity contribution in [2.75, 3.05) is 25.1 Å². The molecule has 1 heterocycles. The number of rotatable bonds is 6. The van der Waals surface area contributed by atoms with Crippen molar-refractivity contribution in [3.8, 4) is 0 Å². The number of hydrazine groups is 1. The van der Waals surface area contributed by atoms with E-state index in [4.69, 9.17) is 0 Å². The van der Waals surface area contributed by atoms with E-state index in [1.165, 1.54) is 12.1 Å². The Balaban J connectivity index is 1.52. The molecule has 1 aliphatic rings. The quantitative estimate of drug-likeness (QED) is 0.866. The maximum absolute atomic E-state index is 13.2. The maximum Gasteiger partial charge on any atom is 0.241 e. The molecule has 2 aromatic rings. The van der Waals surface area contributed by atoms with Crippen molar-refractivity contribution in [1.29, 1.82) is 0 Å². The van der Waals surface area contributed by atoms with Gasteiger partial charge in [0, 0.05) is 20.0 Å². The van der Waals surface area contributed by atoms with Crippen molar-refractivity contribution in [3.63, 3.8) is 0 Å². The van der Waals surface area contributed by atoms with Crippen LogP contribution in [-0.2, 0) is 16.0 Å². The van der Waals surface area contributed by atoms with Crippen LogP contribution in [0.3, 0.4) is 0 Å². The van der Waals surface area contributed by atoms with E-state index in [2.05, 4.69) is 5.32 Å². The predicted molar refractivity (Wildman–Crippen MR) is 97.8 cm³/mol. The molecule has 1 aliphatic heterocycles. The Labute approximate surface area is 152 Å². The number of carbonyl (C=O) groups excluding carboxylic acids is 2. The highest BCUT2D eigenvalue weighted by Gasteiger charge is 2.36. The number of benzene rings is 2. The van der Waals surface area contributed by atoms with E-state index in [0.29, 0.717) is 19.5 Å². The van der Waals surface area contributed by atoms with Gasteiger partial charge in [0.2, 0.25) is 11.8 Å². The number of carbonyl (C=O) groups is 2. The Morgan fingerprint density at radius 2 is 2.00 bits per heavy atom. The number of halogens is 1. The average molecular weight is 355 g/mol. The van der Waals surface area contributed by atoms with Gasteiger partial charge in [0.15, 0.2) is 0 Å². The smallest absolute Gasteiger partial charge is 0.241 e. The topological polar surface area (TPSA) is 52.6 Å². The molecule has 6 heteroatoms. The monoisotopic (exact) mass is 355 g/mol.